The molecule has 2 amide bonds. The number of piperidine rings is 1. The summed E-state index contributed by atoms with van der Waals surface area (Å²) in [4.78, 5) is 28.8. The van der Waals surface area contributed by atoms with Gasteiger partial charge in [-0.05, 0) is 56.8 Å². The molecule has 11 nitrogen and oxygen atoms in total. The van der Waals surface area contributed by atoms with Crippen LogP contribution in [0.2, 0.25) is 0 Å². The average molecular weight is 638 g/mol. The van der Waals surface area contributed by atoms with E-state index < -0.39 is 22.0 Å². The van der Waals surface area contributed by atoms with Gasteiger partial charge < -0.3 is 15.0 Å². The lowest BCUT2D eigenvalue weighted by Crippen LogP contribution is -2.62. The van der Waals surface area contributed by atoms with Crippen molar-refractivity contribution >= 4 is 33.5 Å². The minimum Gasteiger partial charge on any atom is -0.378 e. The molecule has 3 atom stereocenters. The van der Waals surface area contributed by atoms with Gasteiger partial charge in [0.2, 0.25) is 11.8 Å². The van der Waals surface area contributed by atoms with Crippen LogP contribution < -0.4 is 16.0 Å². The Kier molecular flexibility index (Phi) is 13.1. The normalized spacial score (nSPS) is 30.2. The number of nitrogens with zero attached hydrogens (tertiary/aromatic N) is 2. The second kappa shape index (κ2) is 16.3. The van der Waals surface area contributed by atoms with E-state index in [0.29, 0.717) is 38.5 Å². The van der Waals surface area contributed by atoms with Crippen molar-refractivity contribution in [2.24, 2.45) is 17.8 Å². The van der Waals surface area contributed by atoms with E-state index in [1.165, 1.54) is 12.8 Å². The van der Waals surface area contributed by atoms with E-state index in [0.717, 1.165) is 45.4 Å². The summed E-state index contributed by atoms with van der Waals surface area (Å²) in [5.74, 6) is -0.176. The number of halogens is 2. The van der Waals surface area contributed by atoms with Crippen molar-refractivity contribution in [1.29, 1.82) is 0 Å². The van der Waals surface area contributed by atoms with E-state index in [-0.39, 0.29) is 67.2 Å². The predicted molar refractivity (Wildman–Crippen MR) is 158 cm³/mol. The highest BCUT2D eigenvalue weighted by Gasteiger charge is 2.37. The van der Waals surface area contributed by atoms with Crippen LogP contribution in [0.15, 0.2) is 0 Å². The average Bonchev–Trinajstić information content (AvgIpc) is 2.92. The van der Waals surface area contributed by atoms with Crippen molar-refractivity contribution in [2.75, 3.05) is 58.2 Å². The summed E-state index contributed by atoms with van der Waals surface area (Å²) < 4.78 is 51.1. The number of nitrogens with one attached hydrogen (secondary N) is 3. The number of carbonyl (C=O) groups is 2. The number of hydrogen-bond donors (Lipinski definition) is 4. The summed E-state index contributed by atoms with van der Waals surface area (Å²) in [6.45, 7) is 5.61. The molecule has 4 rings (SSSR count). The first kappa shape index (κ1) is 33.8. The van der Waals surface area contributed by atoms with Gasteiger partial charge in [0.25, 0.3) is 10.1 Å². The molecule has 4 fully saturated rings. The largest absolute Gasteiger partial charge is 0.378 e. The number of likely N-dealkylation sites (tertiary alicyclic amines) is 2. The summed E-state index contributed by atoms with van der Waals surface area (Å²) >= 11 is 6.15. The van der Waals surface area contributed by atoms with Gasteiger partial charge in [-0.25, -0.2) is 4.39 Å². The SMILES string of the molecule is O=C(CC1CN(C(=O)CC2CCC(OCCCC3CCN(C4NCC(Cl)CN4)CC3)CC2F)C1)NCCCS(=O)(=O)O. The van der Waals surface area contributed by atoms with Crippen LogP contribution in [0.3, 0.4) is 0 Å². The third-order valence-corrected chi connectivity index (χ3v) is 10.3. The third-order valence-electron chi connectivity index (χ3n) is 9.17. The topological polar surface area (TPSA) is 140 Å². The lowest BCUT2D eigenvalue weighted by Gasteiger charge is -2.41. The fourth-order valence-corrected chi connectivity index (χ4v) is 7.29. The second-order valence-electron chi connectivity index (χ2n) is 12.6. The van der Waals surface area contributed by atoms with Crippen LogP contribution in [-0.4, -0.2) is 117 Å². The number of amides is 2. The summed E-state index contributed by atoms with van der Waals surface area (Å²) in [7, 11) is -4.03. The molecule has 0 aromatic carbocycles. The van der Waals surface area contributed by atoms with Crippen molar-refractivity contribution in [3.8, 4) is 0 Å². The molecule has 0 bridgehead atoms. The van der Waals surface area contributed by atoms with E-state index in [1.54, 1.807) is 4.90 Å². The number of hydrogen-bond acceptors (Lipinski definition) is 8. The number of rotatable bonds is 14. The van der Waals surface area contributed by atoms with E-state index in [1.807, 2.05) is 0 Å². The van der Waals surface area contributed by atoms with Crippen LogP contribution in [0.1, 0.15) is 64.2 Å². The maximum absolute atomic E-state index is 14.9. The minimum atomic E-state index is -4.03. The Morgan fingerprint density at radius 2 is 1.74 bits per heavy atom. The smallest absolute Gasteiger partial charge is 0.264 e. The van der Waals surface area contributed by atoms with Crippen LogP contribution in [0.4, 0.5) is 4.39 Å². The van der Waals surface area contributed by atoms with Gasteiger partial charge in [-0.1, -0.05) is 0 Å². The molecule has 42 heavy (non-hydrogen) atoms. The van der Waals surface area contributed by atoms with Gasteiger partial charge in [0, 0.05) is 77.6 Å². The number of ether oxygens (including phenoxy) is 1. The molecule has 0 aromatic heterocycles. The summed E-state index contributed by atoms with van der Waals surface area (Å²) in [5, 5.41) is 9.72. The molecular formula is C28H49ClFN5O6S. The molecule has 4 aliphatic rings. The fourth-order valence-electron chi connectivity index (χ4n) is 6.60. The molecule has 0 radical (unpaired) electrons. The van der Waals surface area contributed by atoms with E-state index in [9.17, 15) is 22.4 Å². The van der Waals surface area contributed by atoms with Crippen LogP contribution in [0, 0.1) is 17.8 Å². The number of alkyl halides is 2. The quantitative estimate of drug-likeness (QED) is 0.127. The predicted octanol–water partition coefficient (Wildman–Crippen LogP) is 1.72. The Morgan fingerprint density at radius 1 is 1.02 bits per heavy atom. The zero-order chi connectivity index (χ0) is 30.1. The Morgan fingerprint density at radius 3 is 2.40 bits per heavy atom. The molecule has 1 aliphatic carbocycles. The van der Waals surface area contributed by atoms with Gasteiger partial charge in [0.15, 0.2) is 0 Å². The van der Waals surface area contributed by atoms with Crippen LogP contribution in [-0.2, 0) is 24.4 Å². The molecule has 3 aliphatic heterocycles. The molecule has 3 saturated heterocycles. The standard InChI is InChI=1S/C28H49ClFN5O6S/c29-23-16-32-28(33-17-23)34-9-6-20(7-10-34)3-1-11-41-24-5-4-22(25(30)15-24)14-27(37)35-18-21(19-35)13-26(36)31-8-2-12-42(38,39)40/h20-25,28,32-33H,1-19H2,(H,31,36)(H,38,39,40). The van der Waals surface area contributed by atoms with Crippen molar-refractivity contribution in [3.05, 3.63) is 0 Å². The summed E-state index contributed by atoms with van der Waals surface area (Å²) in [6.07, 6.45) is 5.97. The molecule has 0 aromatic rings. The first-order valence-corrected chi connectivity index (χ1v) is 17.7. The zero-order valence-electron chi connectivity index (χ0n) is 24.5. The third kappa shape index (κ3) is 11.1. The molecular weight excluding hydrogens is 589 g/mol. The molecule has 1 saturated carbocycles. The molecule has 3 unspecified atom stereocenters. The van der Waals surface area contributed by atoms with Gasteiger partial charge in [-0.3, -0.25) is 29.7 Å². The van der Waals surface area contributed by atoms with Gasteiger partial charge in [0.1, 0.15) is 12.5 Å². The first-order chi connectivity index (χ1) is 20.1. The monoisotopic (exact) mass is 637 g/mol. The second-order valence-corrected chi connectivity index (χ2v) is 14.8. The van der Waals surface area contributed by atoms with Gasteiger partial charge in [-0.15, -0.1) is 11.6 Å². The summed E-state index contributed by atoms with van der Waals surface area (Å²) in [6, 6.07) is 0. The molecule has 14 heteroatoms. The minimum absolute atomic E-state index is 0.0542. The van der Waals surface area contributed by atoms with Crippen molar-refractivity contribution in [2.45, 2.75) is 88.2 Å². The zero-order valence-corrected chi connectivity index (χ0v) is 26.1. The molecule has 3 heterocycles. The van der Waals surface area contributed by atoms with Crippen molar-refractivity contribution < 1.29 is 31.7 Å². The van der Waals surface area contributed by atoms with Crippen molar-refractivity contribution in [3.63, 3.8) is 0 Å². The van der Waals surface area contributed by atoms with Gasteiger partial charge in [-0.2, -0.15) is 8.42 Å². The Labute approximate surface area is 254 Å². The van der Waals surface area contributed by atoms with Crippen LogP contribution in [0.25, 0.3) is 0 Å². The highest BCUT2D eigenvalue weighted by atomic mass is 35.5. The highest BCUT2D eigenvalue weighted by molar-refractivity contribution is 7.85. The maximum atomic E-state index is 14.9. The Bertz CT molecular complexity index is 974. The van der Waals surface area contributed by atoms with Gasteiger partial charge >= 0.3 is 0 Å². The van der Waals surface area contributed by atoms with Gasteiger partial charge in [0.05, 0.1) is 17.2 Å². The Hall–Kier alpha value is -1.09. The van der Waals surface area contributed by atoms with Crippen LogP contribution in [0.5, 0.6) is 0 Å². The number of carbonyl (C=O) groups excluding carboxylic acids is 2. The summed E-state index contributed by atoms with van der Waals surface area (Å²) in [5.41, 5.74) is 0. The van der Waals surface area contributed by atoms with Crippen LogP contribution >= 0.6 is 11.6 Å². The molecule has 0 spiro atoms. The maximum Gasteiger partial charge on any atom is 0.264 e. The molecule has 242 valence electrons. The lowest BCUT2D eigenvalue weighted by molar-refractivity contribution is -0.141. The Balaban J connectivity index is 1.01. The lowest BCUT2D eigenvalue weighted by atomic mass is 9.82. The van der Waals surface area contributed by atoms with Crippen molar-refractivity contribution in [1.82, 2.24) is 25.8 Å². The molecule has 4 N–H and O–H groups in total. The van der Waals surface area contributed by atoms with E-state index >= 15 is 0 Å². The highest BCUT2D eigenvalue weighted by Crippen LogP contribution is 2.33. The van der Waals surface area contributed by atoms with E-state index in [2.05, 4.69) is 20.9 Å². The van der Waals surface area contributed by atoms with E-state index in [4.69, 9.17) is 20.9 Å². The fraction of sp³-hybridized carbons (Fsp3) is 0.929. The first-order valence-electron chi connectivity index (χ1n) is 15.7.